The second kappa shape index (κ2) is 7.79. The van der Waals surface area contributed by atoms with Gasteiger partial charge in [0.2, 0.25) is 0 Å². The second-order valence-corrected chi connectivity index (χ2v) is 4.55. The van der Waals surface area contributed by atoms with Crippen LogP contribution in [0.3, 0.4) is 0 Å². The molecule has 1 amide bonds. The molecule has 0 heterocycles. The van der Waals surface area contributed by atoms with Gasteiger partial charge in [0.1, 0.15) is 12.4 Å². The fraction of sp³-hybridized carbons (Fsp3) is 0.176. The lowest BCUT2D eigenvalue weighted by Crippen LogP contribution is -2.33. The molecular formula is C17H15FN2O2. The highest BCUT2D eigenvalue weighted by Gasteiger charge is 2.20. The van der Waals surface area contributed by atoms with Crippen LogP contribution in [0, 0.1) is 17.1 Å². The van der Waals surface area contributed by atoms with Crippen LogP contribution in [-0.2, 0) is 11.3 Å². The molecule has 0 fully saturated rings. The Hall–Kier alpha value is -2.87. The van der Waals surface area contributed by atoms with E-state index < -0.39 is 11.9 Å². The number of carbonyl (C=O) groups excluding carboxylic acids is 1. The van der Waals surface area contributed by atoms with Crippen molar-refractivity contribution in [3.8, 4) is 6.07 Å². The maximum atomic E-state index is 13.9. The summed E-state index contributed by atoms with van der Waals surface area (Å²) < 4.78 is 19.1. The molecule has 0 saturated carbocycles. The van der Waals surface area contributed by atoms with Crippen LogP contribution in [0.5, 0.6) is 0 Å². The Labute approximate surface area is 128 Å². The van der Waals surface area contributed by atoms with Crippen molar-refractivity contribution >= 4 is 11.8 Å². The van der Waals surface area contributed by atoms with E-state index in [0.717, 1.165) is 10.5 Å². The molecule has 2 rings (SSSR count). The van der Waals surface area contributed by atoms with E-state index >= 15 is 0 Å². The molecule has 2 aromatic rings. The molecule has 5 heteroatoms. The first-order valence-corrected chi connectivity index (χ1v) is 6.82. The molecule has 4 nitrogen and oxygen atoms in total. The van der Waals surface area contributed by atoms with Gasteiger partial charge >= 0.3 is 6.09 Å². The predicted octanol–water partition coefficient (Wildman–Crippen LogP) is 3.88. The highest BCUT2D eigenvalue weighted by atomic mass is 19.1. The van der Waals surface area contributed by atoms with E-state index in [0.29, 0.717) is 0 Å². The third-order valence-corrected chi connectivity index (χ3v) is 3.02. The van der Waals surface area contributed by atoms with Crippen molar-refractivity contribution in [1.29, 1.82) is 5.26 Å². The zero-order valence-electron chi connectivity index (χ0n) is 11.9. The minimum atomic E-state index is -0.677. The quantitative estimate of drug-likeness (QED) is 0.841. The van der Waals surface area contributed by atoms with Crippen LogP contribution in [0.4, 0.5) is 14.9 Å². The lowest BCUT2D eigenvalue weighted by molar-refractivity contribution is 0.147. The van der Waals surface area contributed by atoms with E-state index in [1.165, 1.54) is 18.2 Å². The number of nitrogens with zero attached hydrogens (tertiary/aromatic N) is 2. The Kier molecular flexibility index (Phi) is 5.50. The van der Waals surface area contributed by atoms with Gasteiger partial charge in [-0.1, -0.05) is 42.5 Å². The van der Waals surface area contributed by atoms with Gasteiger partial charge in [-0.05, 0) is 17.7 Å². The molecule has 0 unspecified atom stereocenters. The number of nitriles is 1. The average Bonchev–Trinajstić information content (AvgIpc) is 2.55. The van der Waals surface area contributed by atoms with Crippen molar-refractivity contribution in [1.82, 2.24) is 0 Å². The minimum Gasteiger partial charge on any atom is -0.444 e. The lowest BCUT2D eigenvalue weighted by atomic mass is 10.2. The van der Waals surface area contributed by atoms with Gasteiger partial charge in [-0.25, -0.2) is 9.18 Å². The van der Waals surface area contributed by atoms with Crippen LogP contribution in [-0.4, -0.2) is 12.6 Å². The summed E-state index contributed by atoms with van der Waals surface area (Å²) in [6, 6.07) is 17.1. The zero-order valence-corrected chi connectivity index (χ0v) is 11.9. The number of ether oxygens (including phenoxy) is 1. The van der Waals surface area contributed by atoms with Gasteiger partial charge in [0, 0.05) is 6.54 Å². The van der Waals surface area contributed by atoms with E-state index in [9.17, 15) is 9.18 Å². The van der Waals surface area contributed by atoms with Gasteiger partial charge in [-0.2, -0.15) is 5.26 Å². The Morgan fingerprint density at radius 1 is 1.14 bits per heavy atom. The Bertz CT molecular complexity index is 668. The number of benzene rings is 2. The monoisotopic (exact) mass is 298 g/mol. The second-order valence-electron chi connectivity index (χ2n) is 4.55. The van der Waals surface area contributed by atoms with Crippen LogP contribution < -0.4 is 4.90 Å². The Balaban J connectivity index is 2.10. The standard InChI is InChI=1S/C17H15FN2O2/c18-15-9-4-5-10-16(15)20(12-6-11-19)17(21)22-13-14-7-2-1-3-8-14/h1-5,7-10H,6,12-13H2. The molecule has 0 bridgehead atoms. The summed E-state index contributed by atoms with van der Waals surface area (Å²) in [5, 5.41) is 8.70. The number of amides is 1. The van der Waals surface area contributed by atoms with Crippen molar-refractivity contribution in [3.63, 3.8) is 0 Å². The summed E-state index contributed by atoms with van der Waals surface area (Å²) in [5.74, 6) is -0.530. The van der Waals surface area contributed by atoms with Crippen molar-refractivity contribution in [2.24, 2.45) is 0 Å². The Morgan fingerprint density at radius 3 is 2.50 bits per heavy atom. The normalized spacial score (nSPS) is 9.82. The third kappa shape index (κ3) is 4.06. The summed E-state index contributed by atoms with van der Waals surface area (Å²) in [4.78, 5) is 13.3. The fourth-order valence-electron chi connectivity index (χ4n) is 1.94. The first-order chi connectivity index (χ1) is 10.7. The van der Waals surface area contributed by atoms with Crippen LogP contribution in [0.25, 0.3) is 0 Å². The van der Waals surface area contributed by atoms with Gasteiger partial charge < -0.3 is 4.74 Å². The average molecular weight is 298 g/mol. The minimum absolute atomic E-state index is 0.0745. The predicted molar refractivity (Wildman–Crippen MR) is 80.6 cm³/mol. The lowest BCUT2D eigenvalue weighted by Gasteiger charge is -2.21. The molecule has 0 radical (unpaired) electrons. The summed E-state index contributed by atoms with van der Waals surface area (Å²) >= 11 is 0. The number of anilines is 1. The van der Waals surface area contributed by atoms with Crippen molar-refractivity contribution in [3.05, 3.63) is 66.0 Å². The molecular weight excluding hydrogens is 283 g/mol. The maximum Gasteiger partial charge on any atom is 0.414 e. The number of rotatable bonds is 5. The molecule has 22 heavy (non-hydrogen) atoms. The Morgan fingerprint density at radius 2 is 1.82 bits per heavy atom. The van der Waals surface area contributed by atoms with E-state index in [4.69, 9.17) is 10.00 Å². The van der Waals surface area contributed by atoms with Crippen molar-refractivity contribution in [2.45, 2.75) is 13.0 Å². The highest BCUT2D eigenvalue weighted by molar-refractivity contribution is 5.87. The first-order valence-electron chi connectivity index (χ1n) is 6.82. The van der Waals surface area contributed by atoms with E-state index in [1.54, 1.807) is 6.07 Å². The third-order valence-electron chi connectivity index (χ3n) is 3.02. The molecule has 0 aliphatic rings. The SMILES string of the molecule is N#CCCN(C(=O)OCc1ccccc1)c1ccccc1F. The summed E-state index contributed by atoms with van der Waals surface area (Å²) in [7, 11) is 0. The fourth-order valence-corrected chi connectivity index (χ4v) is 1.94. The van der Waals surface area contributed by atoms with Crippen molar-refractivity contribution < 1.29 is 13.9 Å². The molecule has 0 N–H and O–H groups in total. The molecule has 0 aliphatic carbocycles. The number of para-hydroxylation sites is 1. The van der Waals surface area contributed by atoms with Crippen LogP contribution >= 0.6 is 0 Å². The highest BCUT2D eigenvalue weighted by Crippen LogP contribution is 2.20. The topological polar surface area (TPSA) is 53.3 Å². The molecule has 0 atom stereocenters. The van der Waals surface area contributed by atoms with Crippen LogP contribution in [0.15, 0.2) is 54.6 Å². The zero-order chi connectivity index (χ0) is 15.8. The molecule has 0 aromatic heterocycles. The van der Waals surface area contributed by atoms with Crippen molar-refractivity contribution in [2.75, 3.05) is 11.4 Å². The molecule has 0 aliphatic heterocycles. The van der Waals surface area contributed by atoms with Gasteiger partial charge in [-0.15, -0.1) is 0 Å². The summed E-state index contributed by atoms with van der Waals surface area (Å²) in [6.45, 7) is 0.169. The largest absolute Gasteiger partial charge is 0.444 e. The number of halogens is 1. The van der Waals surface area contributed by atoms with E-state index in [1.807, 2.05) is 36.4 Å². The van der Waals surface area contributed by atoms with Crippen LogP contribution in [0.2, 0.25) is 0 Å². The maximum absolute atomic E-state index is 13.9. The van der Waals surface area contributed by atoms with Gasteiger partial charge in [-0.3, -0.25) is 4.90 Å². The summed E-state index contributed by atoms with van der Waals surface area (Å²) in [6.07, 6.45) is -0.585. The van der Waals surface area contributed by atoms with Crippen LogP contribution in [0.1, 0.15) is 12.0 Å². The smallest absolute Gasteiger partial charge is 0.414 e. The van der Waals surface area contributed by atoms with Gasteiger partial charge in [0.25, 0.3) is 0 Å². The molecule has 112 valence electrons. The molecule has 2 aromatic carbocycles. The number of carbonyl (C=O) groups is 1. The van der Waals surface area contributed by atoms with Gasteiger partial charge in [0.15, 0.2) is 0 Å². The van der Waals surface area contributed by atoms with E-state index in [2.05, 4.69) is 0 Å². The number of hydrogen-bond donors (Lipinski definition) is 0. The van der Waals surface area contributed by atoms with E-state index in [-0.39, 0.29) is 25.3 Å². The number of hydrogen-bond acceptors (Lipinski definition) is 3. The van der Waals surface area contributed by atoms with Gasteiger partial charge in [0.05, 0.1) is 18.2 Å². The molecule has 0 saturated heterocycles. The first kappa shape index (κ1) is 15.5. The summed E-state index contributed by atoms with van der Waals surface area (Å²) in [5.41, 5.74) is 0.945. The molecule has 0 spiro atoms.